The van der Waals surface area contributed by atoms with Crippen molar-refractivity contribution < 1.29 is 29.1 Å². The van der Waals surface area contributed by atoms with Crippen LogP contribution in [0.2, 0.25) is 5.32 Å². The van der Waals surface area contributed by atoms with Gasteiger partial charge >= 0.3 is 186 Å². The molecule has 7 nitrogen and oxygen atoms in total. The molecule has 2 heterocycles. The first-order valence-electron chi connectivity index (χ1n) is 9.38. The van der Waals surface area contributed by atoms with E-state index in [4.69, 9.17) is 4.74 Å². The Morgan fingerprint density at radius 2 is 1.97 bits per heavy atom. The number of carboxylic acids is 1. The van der Waals surface area contributed by atoms with Gasteiger partial charge in [0.2, 0.25) is 0 Å². The Morgan fingerprint density at radius 1 is 1.30 bits per heavy atom. The third-order valence-corrected chi connectivity index (χ3v) is 8.32. The second-order valence-electron chi connectivity index (χ2n) is 8.04. The van der Waals surface area contributed by atoms with Crippen LogP contribution in [0.15, 0.2) is 46.4 Å². The number of carbonyl (C=O) groups is 2. The molecule has 0 saturated carbocycles. The van der Waals surface area contributed by atoms with E-state index in [9.17, 15) is 19.8 Å². The Morgan fingerprint density at radius 3 is 2.57 bits per heavy atom. The molecule has 2 atom stereocenters. The summed E-state index contributed by atoms with van der Waals surface area (Å²) in [7, 11) is 0. The zero-order valence-corrected chi connectivity index (χ0v) is 19.7. The van der Waals surface area contributed by atoms with Gasteiger partial charge < -0.3 is 0 Å². The summed E-state index contributed by atoms with van der Waals surface area (Å²) in [6, 6.07) is 8.60. The van der Waals surface area contributed by atoms with Crippen LogP contribution in [0, 0.1) is 0 Å². The second-order valence-corrected chi connectivity index (χ2v) is 11.1. The van der Waals surface area contributed by atoms with Crippen LogP contribution in [0.4, 0.5) is 4.79 Å². The van der Waals surface area contributed by atoms with E-state index in [-0.39, 0.29) is 5.32 Å². The summed E-state index contributed by atoms with van der Waals surface area (Å²) in [6.45, 7) is 6.89. The molecule has 2 aromatic rings. The number of benzene rings is 1. The van der Waals surface area contributed by atoms with Gasteiger partial charge in [-0.1, -0.05) is 0 Å². The molecular formula is C21H25N2O5SSe+. The van der Waals surface area contributed by atoms with Crippen molar-refractivity contribution in [2.24, 2.45) is 0 Å². The number of alkyl carbamates (subject to hydrolysis) is 1. The fraction of sp³-hybridized carbons (Fsp3) is 0.381. The number of aliphatic carboxylic acids is 1. The maximum atomic E-state index is 12.1. The van der Waals surface area contributed by atoms with Crippen molar-refractivity contribution in [3.63, 3.8) is 0 Å². The molecule has 1 aliphatic rings. The van der Waals surface area contributed by atoms with Gasteiger partial charge in [0.1, 0.15) is 0 Å². The van der Waals surface area contributed by atoms with E-state index in [1.165, 1.54) is 11.3 Å². The average Bonchev–Trinajstić information content (AvgIpc) is 3.19. The molecule has 0 aliphatic carbocycles. The first-order valence-corrected chi connectivity index (χ1v) is 12.3. The number of aliphatic hydroxyl groups is 1. The van der Waals surface area contributed by atoms with Crippen molar-refractivity contribution in [2.75, 3.05) is 0 Å². The summed E-state index contributed by atoms with van der Waals surface area (Å²) >= 11 is 1.05. The van der Waals surface area contributed by atoms with Crippen LogP contribution in [0.1, 0.15) is 38.3 Å². The first-order chi connectivity index (χ1) is 14.0. The van der Waals surface area contributed by atoms with Crippen molar-refractivity contribution in [1.29, 1.82) is 0 Å². The molecule has 3 N–H and O–H groups in total. The number of nitrogens with zero attached hydrogens (tertiary/aromatic N) is 1. The standard InChI is InChI=1S/C21H24N2O5SSe/c1-20(2,3)28-19(26)22-14(17(24)25)12-30-16-15(13-8-6-5-7-9-13)23-10-11-29-18(23)21(16,4)27/h5-11,14,27H,12H2,1-4H3,(H-,22,24,25,26)/p+1/t14-,21?/m0/s1. The number of ether oxygens (including phenoxy) is 1. The number of aromatic nitrogens is 1. The third-order valence-electron chi connectivity index (χ3n) is 4.35. The van der Waals surface area contributed by atoms with Gasteiger partial charge in [0.25, 0.3) is 0 Å². The average molecular weight is 496 g/mol. The van der Waals surface area contributed by atoms with Gasteiger partial charge in [0, 0.05) is 0 Å². The number of hydrogen-bond acceptors (Lipinski definition) is 5. The zero-order valence-electron chi connectivity index (χ0n) is 17.2. The second kappa shape index (κ2) is 8.51. The van der Waals surface area contributed by atoms with Crippen molar-refractivity contribution in [3.8, 4) is 0 Å². The molecular weight excluding hydrogens is 471 g/mol. The number of thiazole rings is 1. The van der Waals surface area contributed by atoms with Crippen LogP contribution < -0.4 is 9.88 Å². The van der Waals surface area contributed by atoms with Crippen LogP contribution in [-0.2, 0) is 15.1 Å². The van der Waals surface area contributed by atoms with Gasteiger partial charge in [0.15, 0.2) is 0 Å². The molecule has 9 heteroatoms. The molecule has 0 spiro atoms. The van der Waals surface area contributed by atoms with Gasteiger partial charge in [-0.05, 0) is 0 Å². The van der Waals surface area contributed by atoms with Gasteiger partial charge in [-0.15, -0.1) is 0 Å². The van der Waals surface area contributed by atoms with Gasteiger partial charge in [0.05, 0.1) is 0 Å². The maximum absolute atomic E-state index is 12.1. The molecule has 1 aromatic heterocycles. The van der Waals surface area contributed by atoms with Crippen LogP contribution >= 0.6 is 11.3 Å². The molecule has 1 amide bonds. The van der Waals surface area contributed by atoms with E-state index in [1.807, 2.05) is 46.5 Å². The van der Waals surface area contributed by atoms with Crippen molar-refractivity contribution in [2.45, 2.75) is 50.3 Å². The Bertz CT molecular complexity index is 979. The van der Waals surface area contributed by atoms with Gasteiger partial charge in [-0.25, -0.2) is 0 Å². The van der Waals surface area contributed by atoms with Crippen molar-refractivity contribution in [3.05, 3.63) is 57.0 Å². The van der Waals surface area contributed by atoms with Gasteiger partial charge in [-0.3, -0.25) is 0 Å². The van der Waals surface area contributed by atoms with Gasteiger partial charge in [-0.2, -0.15) is 0 Å². The Labute approximate surface area is 185 Å². The first kappa shape index (κ1) is 22.5. The van der Waals surface area contributed by atoms with Crippen LogP contribution in [0.25, 0.3) is 5.70 Å². The minimum absolute atomic E-state index is 0.179. The number of fused-ring (bicyclic) bond motifs is 1. The van der Waals surface area contributed by atoms with Crippen LogP contribution in [-0.4, -0.2) is 48.9 Å². The minimum atomic E-state index is -1.20. The molecule has 0 bridgehead atoms. The third kappa shape index (κ3) is 4.75. The van der Waals surface area contributed by atoms with E-state index >= 15 is 0 Å². The molecule has 0 fully saturated rings. The number of nitrogens with one attached hydrogen (secondary N) is 1. The fourth-order valence-electron chi connectivity index (χ4n) is 3.11. The van der Waals surface area contributed by atoms with Crippen LogP contribution in [0.5, 0.6) is 0 Å². The van der Waals surface area contributed by atoms with E-state index < -0.39 is 44.3 Å². The summed E-state index contributed by atoms with van der Waals surface area (Å²) in [5.41, 5.74) is -0.0997. The van der Waals surface area contributed by atoms with Crippen molar-refractivity contribution >= 4 is 44.1 Å². The van der Waals surface area contributed by atoms with Crippen LogP contribution in [0.3, 0.4) is 0 Å². The molecule has 1 aromatic carbocycles. The number of rotatable bonds is 6. The summed E-state index contributed by atoms with van der Waals surface area (Å²) in [6.07, 6.45) is 1.14. The van der Waals surface area contributed by atoms with E-state index in [0.717, 1.165) is 20.7 Å². The summed E-state index contributed by atoms with van der Waals surface area (Å²) in [4.78, 5) is 23.8. The summed E-state index contributed by atoms with van der Waals surface area (Å²) in [5.74, 6) is -1.13. The fourth-order valence-corrected chi connectivity index (χ4v) is 6.87. The van der Waals surface area contributed by atoms with E-state index in [2.05, 4.69) is 5.32 Å². The quantitative estimate of drug-likeness (QED) is 0.422. The van der Waals surface area contributed by atoms with E-state index in [0.29, 0.717) is 0 Å². The number of hydrogen-bond donors (Lipinski definition) is 3. The Hall–Kier alpha value is -2.19. The van der Waals surface area contributed by atoms with Crippen molar-refractivity contribution in [1.82, 2.24) is 5.32 Å². The molecule has 1 aliphatic heterocycles. The molecule has 30 heavy (non-hydrogen) atoms. The number of carboxylic acid groups (broad SMARTS) is 1. The molecule has 0 saturated heterocycles. The topological polar surface area (TPSA) is 99.7 Å². The Kier molecular flexibility index (Phi) is 6.38. The molecule has 3 rings (SSSR count). The molecule has 1 unspecified atom stereocenters. The zero-order chi connectivity index (χ0) is 22.1. The molecule has 0 radical (unpaired) electrons. The number of amides is 1. The summed E-state index contributed by atoms with van der Waals surface area (Å²) in [5, 5.41) is 26.2. The summed E-state index contributed by atoms with van der Waals surface area (Å²) < 4.78 is 7.94. The molecule has 160 valence electrons. The van der Waals surface area contributed by atoms with E-state index in [1.54, 1.807) is 27.7 Å². The number of carbonyl (C=O) groups excluding carboxylic acids is 1. The SMILES string of the molecule is CC(C)(C)OC(=O)N[C@@H](C[Se]C1=C(c2ccccc2)[n+]2ccsc2C1(C)O)C(=O)O. The normalized spacial score (nSPS) is 19.4. The predicted octanol–water partition coefficient (Wildman–Crippen LogP) is 2.57. The monoisotopic (exact) mass is 497 g/mol. The predicted molar refractivity (Wildman–Crippen MR) is 114 cm³/mol. The Balaban J connectivity index is 1.88.